The molecule has 10 heteroatoms. The predicted molar refractivity (Wildman–Crippen MR) is 119 cm³/mol. The SMILES string of the molecule is O=C(NO)c1cnc(NC2CCN(S(=O)(=O)c3ccc(-c4ccccc4)cc3)CC2)nc1. The van der Waals surface area contributed by atoms with Crippen LogP contribution in [0.25, 0.3) is 11.1 Å². The number of hydrogen-bond donors (Lipinski definition) is 3. The van der Waals surface area contributed by atoms with E-state index < -0.39 is 15.9 Å². The summed E-state index contributed by atoms with van der Waals surface area (Å²) in [5.41, 5.74) is 3.67. The van der Waals surface area contributed by atoms with Gasteiger partial charge in [-0.15, -0.1) is 0 Å². The molecule has 1 amide bonds. The van der Waals surface area contributed by atoms with Gasteiger partial charge < -0.3 is 5.32 Å². The fourth-order valence-electron chi connectivity index (χ4n) is 3.61. The number of carbonyl (C=O) groups is 1. The average molecular weight is 454 g/mol. The Morgan fingerprint density at radius 2 is 1.53 bits per heavy atom. The lowest BCUT2D eigenvalue weighted by Crippen LogP contribution is -2.42. The molecule has 0 spiro atoms. The molecule has 1 aliphatic rings. The zero-order valence-electron chi connectivity index (χ0n) is 17.2. The zero-order chi connectivity index (χ0) is 22.6. The number of nitrogens with zero attached hydrogens (tertiary/aromatic N) is 3. The maximum atomic E-state index is 13.1. The number of benzene rings is 2. The van der Waals surface area contributed by atoms with E-state index in [-0.39, 0.29) is 16.5 Å². The minimum atomic E-state index is -3.57. The van der Waals surface area contributed by atoms with Crippen LogP contribution >= 0.6 is 0 Å². The number of piperidine rings is 1. The Labute approximate surface area is 186 Å². The molecular weight excluding hydrogens is 430 g/mol. The first-order chi connectivity index (χ1) is 15.5. The quantitative estimate of drug-likeness (QED) is 0.387. The Bertz CT molecular complexity index is 1160. The molecule has 1 saturated heterocycles. The third-order valence-electron chi connectivity index (χ3n) is 5.40. The molecule has 166 valence electrons. The van der Waals surface area contributed by atoms with Crippen LogP contribution in [0.1, 0.15) is 23.2 Å². The van der Waals surface area contributed by atoms with Gasteiger partial charge in [0.15, 0.2) is 0 Å². The number of hydrogen-bond acceptors (Lipinski definition) is 7. The molecular formula is C22H23N5O4S. The number of hydroxylamine groups is 1. The van der Waals surface area contributed by atoms with E-state index in [0.29, 0.717) is 31.9 Å². The van der Waals surface area contributed by atoms with E-state index in [4.69, 9.17) is 5.21 Å². The van der Waals surface area contributed by atoms with Crippen molar-refractivity contribution in [1.29, 1.82) is 0 Å². The van der Waals surface area contributed by atoms with Gasteiger partial charge in [-0.2, -0.15) is 4.31 Å². The van der Waals surface area contributed by atoms with Crippen LogP contribution in [-0.4, -0.2) is 52.9 Å². The third-order valence-corrected chi connectivity index (χ3v) is 7.31. The molecule has 4 rings (SSSR count). The Balaban J connectivity index is 1.36. The highest BCUT2D eigenvalue weighted by molar-refractivity contribution is 7.89. The first-order valence-electron chi connectivity index (χ1n) is 10.2. The van der Waals surface area contributed by atoms with Crippen molar-refractivity contribution in [3.63, 3.8) is 0 Å². The lowest BCUT2D eigenvalue weighted by molar-refractivity contribution is 0.0705. The Hall–Kier alpha value is -3.34. The van der Waals surface area contributed by atoms with Crippen molar-refractivity contribution in [2.24, 2.45) is 0 Å². The van der Waals surface area contributed by atoms with E-state index in [0.717, 1.165) is 11.1 Å². The van der Waals surface area contributed by atoms with E-state index >= 15 is 0 Å². The van der Waals surface area contributed by atoms with E-state index in [9.17, 15) is 13.2 Å². The normalized spacial score (nSPS) is 15.3. The lowest BCUT2D eigenvalue weighted by atomic mass is 10.1. The molecule has 9 nitrogen and oxygen atoms in total. The molecule has 1 aromatic heterocycles. The highest BCUT2D eigenvalue weighted by atomic mass is 32.2. The van der Waals surface area contributed by atoms with Crippen molar-refractivity contribution >= 4 is 21.9 Å². The number of rotatable bonds is 6. The summed E-state index contributed by atoms with van der Waals surface area (Å²) in [6, 6.07) is 16.8. The number of amides is 1. The molecule has 0 aliphatic carbocycles. The van der Waals surface area contributed by atoms with E-state index in [1.165, 1.54) is 22.2 Å². The van der Waals surface area contributed by atoms with Gasteiger partial charge in [0.25, 0.3) is 5.91 Å². The molecule has 0 atom stereocenters. The van der Waals surface area contributed by atoms with Gasteiger partial charge in [0.05, 0.1) is 10.5 Å². The predicted octanol–water partition coefficient (Wildman–Crippen LogP) is 2.53. The van der Waals surface area contributed by atoms with Gasteiger partial charge in [-0.05, 0) is 36.1 Å². The summed E-state index contributed by atoms with van der Waals surface area (Å²) in [4.78, 5) is 19.7. The zero-order valence-corrected chi connectivity index (χ0v) is 18.0. The van der Waals surface area contributed by atoms with Crippen molar-refractivity contribution in [3.8, 4) is 11.1 Å². The van der Waals surface area contributed by atoms with Gasteiger partial charge in [-0.25, -0.2) is 23.9 Å². The number of sulfonamides is 1. The summed E-state index contributed by atoms with van der Waals surface area (Å²) in [7, 11) is -3.57. The maximum absolute atomic E-state index is 13.1. The Kier molecular flexibility index (Phi) is 6.45. The summed E-state index contributed by atoms with van der Waals surface area (Å²) >= 11 is 0. The van der Waals surface area contributed by atoms with Gasteiger partial charge in [-0.3, -0.25) is 10.0 Å². The molecule has 32 heavy (non-hydrogen) atoms. The van der Waals surface area contributed by atoms with Crippen LogP contribution in [0.15, 0.2) is 71.9 Å². The Morgan fingerprint density at radius 1 is 0.938 bits per heavy atom. The molecule has 2 heterocycles. The van der Waals surface area contributed by atoms with Crippen molar-refractivity contribution < 1.29 is 18.4 Å². The van der Waals surface area contributed by atoms with Crippen molar-refractivity contribution in [2.45, 2.75) is 23.8 Å². The number of nitrogens with one attached hydrogen (secondary N) is 2. The maximum Gasteiger partial charge on any atom is 0.277 e. The monoisotopic (exact) mass is 453 g/mol. The second-order valence-corrected chi connectivity index (χ2v) is 9.39. The molecule has 0 radical (unpaired) electrons. The van der Waals surface area contributed by atoms with Gasteiger partial charge in [-0.1, -0.05) is 42.5 Å². The summed E-state index contributed by atoms with van der Waals surface area (Å²) in [5.74, 6) is -0.343. The van der Waals surface area contributed by atoms with Gasteiger partial charge in [0, 0.05) is 31.5 Å². The standard InChI is InChI=1S/C22H23N5O4S/c28-21(26-29)18-14-23-22(24-15-18)25-19-10-12-27(13-11-19)32(30,31)20-8-6-17(7-9-20)16-4-2-1-3-5-16/h1-9,14-15,19,29H,10-13H2,(H,26,28)(H,23,24,25). The third kappa shape index (κ3) is 4.77. The van der Waals surface area contributed by atoms with Crippen molar-refractivity contribution in [2.75, 3.05) is 18.4 Å². The van der Waals surface area contributed by atoms with E-state index in [1.54, 1.807) is 12.1 Å². The average Bonchev–Trinajstić information content (AvgIpc) is 2.85. The van der Waals surface area contributed by atoms with Crippen LogP contribution in [0.5, 0.6) is 0 Å². The largest absolute Gasteiger partial charge is 0.351 e. The summed E-state index contributed by atoms with van der Waals surface area (Å²) < 4.78 is 27.6. The van der Waals surface area contributed by atoms with Crippen molar-refractivity contribution in [1.82, 2.24) is 19.8 Å². The van der Waals surface area contributed by atoms with Crippen LogP contribution < -0.4 is 10.8 Å². The van der Waals surface area contributed by atoms with Gasteiger partial charge in [0.1, 0.15) is 0 Å². The second kappa shape index (κ2) is 9.43. The molecule has 2 aromatic carbocycles. The minimum absolute atomic E-state index is 0.0134. The van der Waals surface area contributed by atoms with E-state index in [2.05, 4.69) is 15.3 Å². The highest BCUT2D eigenvalue weighted by Crippen LogP contribution is 2.25. The van der Waals surface area contributed by atoms with Crippen molar-refractivity contribution in [3.05, 3.63) is 72.6 Å². The topological polar surface area (TPSA) is 125 Å². The van der Waals surface area contributed by atoms with Gasteiger partial charge in [0.2, 0.25) is 16.0 Å². The first-order valence-corrected chi connectivity index (χ1v) is 11.6. The smallest absolute Gasteiger partial charge is 0.277 e. The van der Waals surface area contributed by atoms with Crippen LogP contribution in [0.2, 0.25) is 0 Å². The molecule has 0 unspecified atom stereocenters. The minimum Gasteiger partial charge on any atom is -0.351 e. The fourth-order valence-corrected chi connectivity index (χ4v) is 5.08. The fraction of sp³-hybridized carbons (Fsp3) is 0.227. The lowest BCUT2D eigenvalue weighted by Gasteiger charge is -2.31. The number of anilines is 1. The van der Waals surface area contributed by atoms with Crippen LogP contribution in [-0.2, 0) is 10.0 Å². The van der Waals surface area contributed by atoms with Crippen LogP contribution in [0, 0.1) is 0 Å². The number of aromatic nitrogens is 2. The molecule has 3 aromatic rings. The summed E-state index contributed by atoms with van der Waals surface area (Å²) in [6.45, 7) is 0.761. The number of carbonyl (C=O) groups excluding carboxylic acids is 1. The highest BCUT2D eigenvalue weighted by Gasteiger charge is 2.29. The molecule has 3 N–H and O–H groups in total. The summed E-state index contributed by atoms with van der Waals surface area (Å²) in [5, 5.41) is 11.8. The van der Waals surface area contributed by atoms with E-state index in [1.807, 2.05) is 42.5 Å². The van der Waals surface area contributed by atoms with Crippen LogP contribution in [0.4, 0.5) is 5.95 Å². The first kappa shape index (κ1) is 21.9. The van der Waals surface area contributed by atoms with Crippen LogP contribution in [0.3, 0.4) is 0 Å². The van der Waals surface area contributed by atoms with Gasteiger partial charge >= 0.3 is 0 Å². The molecule has 1 fully saturated rings. The Morgan fingerprint density at radius 3 is 2.12 bits per heavy atom. The summed E-state index contributed by atoms with van der Waals surface area (Å²) in [6.07, 6.45) is 3.81. The molecule has 1 aliphatic heterocycles. The molecule has 0 saturated carbocycles. The second-order valence-electron chi connectivity index (χ2n) is 7.45. The molecule has 0 bridgehead atoms.